The highest BCUT2D eigenvalue weighted by Crippen LogP contribution is 2.48. The van der Waals surface area contributed by atoms with E-state index < -0.39 is 16.1 Å². The highest BCUT2D eigenvalue weighted by Gasteiger charge is 2.52. The molecule has 1 aliphatic rings. The molecule has 1 fully saturated rings. The summed E-state index contributed by atoms with van der Waals surface area (Å²) in [6.45, 7) is 13.7. The first-order valence-electron chi connectivity index (χ1n) is 8.26. The van der Waals surface area contributed by atoms with Crippen LogP contribution in [-0.4, -0.2) is 38.7 Å². The molecule has 1 amide bonds. The molecule has 0 unspecified atom stereocenters. The van der Waals surface area contributed by atoms with E-state index in [1.165, 1.54) is 11.8 Å². The number of ether oxygens (including phenoxy) is 1. The van der Waals surface area contributed by atoms with Crippen LogP contribution < -0.4 is 0 Å². The zero-order chi connectivity index (χ0) is 18.4. The number of benzene rings is 1. The van der Waals surface area contributed by atoms with E-state index in [-0.39, 0.29) is 10.8 Å². The van der Waals surface area contributed by atoms with Crippen molar-refractivity contribution in [3.05, 3.63) is 35.9 Å². The molecule has 2 rings (SSSR count). The zero-order valence-corrected chi connectivity index (χ0v) is 16.5. The Morgan fingerprint density at radius 3 is 2.12 bits per heavy atom. The Balaban J connectivity index is 2.40. The molecular formula is C19H29NO3S. The largest absolute Gasteiger partial charge is 0.389 e. The van der Waals surface area contributed by atoms with Gasteiger partial charge in [-0.2, -0.15) is 0 Å². The summed E-state index contributed by atoms with van der Waals surface area (Å²) in [5, 5.41) is 10.7. The molecule has 1 atom stereocenters. The van der Waals surface area contributed by atoms with Crippen molar-refractivity contribution >= 4 is 17.0 Å². The first kappa shape index (κ1) is 19.3. The van der Waals surface area contributed by atoms with E-state index in [1.54, 1.807) is 18.7 Å². The van der Waals surface area contributed by atoms with Crippen LogP contribution in [-0.2, 0) is 9.48 Å². The maximum absolute atomic E-state index is 13.2. The predicted molar refractivity (Wildman–Crippen MR) is 99.0 cm³/mol. The van der Waals surface area contributed by atoms with Crippen LogP contribution >= 0.6 is 11.8 Å². The van der Waals surface area contributed by atoms with Crippen LogP contribution in [0.1, 0.15) is 54.0 Å². The van der Waals surface area contributed by atoms with Gasteiger partial charge in [0.15, 0.2) is 0 Å². The van der Waals surface area contributed by atoms with Crippen LogP contribution in [0.5, 0.6) is 0 Å². The van der Waals surface area contributed by atoms with Gasteiger partial charge < -0.3 is 9.84 Å². The van der Waals surface area contributed by atoms with Gasteiger partial charge in [-0.05, 0) is 54.0 Å². The first-order chi connectivity index (χ1) is 10.8. The lowest BCUT2D eigenvalue weighted by Gasteiger charge is -2.43. The van der Waals surface area contributed by atoms with E-state index in [2.05, 4.69) is 0 Å². The molecule has 1 aliphatic heterocycles. The lowest BCUT2D eigenvalue weighted by molar-refractivity contribution is -0.0301. The monoisotopic (exact) mass is 351 g/mol. The smallest absolute Gasteiger partial charge is 0.285 e. The minimum atomic E-state index is -1.08. The molecule has 134 valence electrons. The highest BCUT2D eigenvalue weighted by molar-refractivity contribution is 8.14. The van der Waals surface area contributed by atoms with Crippen molar-refractivity contribution in [2.45, 2.75) is 70.1 Å². The van der Waals surface area contributed by atoms with Crippen molar-refractivity contribution < 1.29 is 14.6 Å². The first-order valence-corrected chi connectivity index (χ1v) is 9.08. The van der Waals surface area contributed by atoms with Gasteiger partial charge in [0.1, 0.15) is 5.72 Å². The van der Waals surface area contributed by atoms with Crippen molar-refractivity contribution in [2.75, 3.05) is 6.61 Å². The summed E-state index contributed by atoms with van der Waals surface area (Å²) in [4.78, 5) is 15.0. The summed E-state index contributed by atoms with van der Waals surface area (Å²) >= 11 is 1.17. The van der Waals surface area contributed by atoms with Crippen LogP contribution in [0.15, 0.2) is 30.3 Å². The van der Waals surface area contributed by atoms with Gasteiger partial charge in [0.05, 0.1) is 22.5 Å². The third-order valence-corrected chi connectivity index (χ3v) is 6.39. The molecule has 0 radical (unpaired) electrons. The number of carbonyl (C=O) groups excluding carboxylic acids is 1. The van der Waals surface area contributed by atoms with Gasteiger partial charge in [-0.1, -0.05) is 42.1 Å². The standard InChI is InChI=1S/C19H29NO3S/c1-16(2)13-23-18(5,6)20(16)15(21)24-19(7,17(3,4)22)14-11-9-8-10-12-14/h8-12,22H,13H2,1-7H3/t19-/m1/s1. The maximum atomic E-state index is 13.2. The number of hydrogen-bond donors (Lipinski definition) is 1. The Labute approximate surface area is 149 Å². The fourth-order valence-corrected chi connectivity index (χ4v) is 4.60. The fraction of sp³-hybridized carbons (Fsp3) is 0.632. The van der Waals surface area contributed by atoms with Crippen molar-refractivity contribution in [1.82, 2.24) is 4.90 Å². The number of nitrogens with zero attached hydrogens (tertiary/aromatic N) is 1. The summed E-state index contributed by atoms with van der Waals surface area (Å²) < 4.78 is 5.05. The topological polar surface area (TPSA) is 49.8 Å². The maximum Gasteiger partial charge on any atom is 0.285 e. The normalized spacial score (nSPS) is 22.2. The fourth-order valence-electron chi connectivity index (χ4n) is 3.19. The number of aliphatic hydroxyl groups is 1. The average Bonchev–Trinajstić information content (AvgIpc) is 2.67. The quantitative estimate of drug-likeness (QED) is 0.878. The SMILES string of the molecule is CC1(C)COC(C)(C)N1C(=O)S[C@](C)(c1ccccc1)C(C)(C)O. The number of rotatable bonds is 3. The Kier molecular flexibility index (Phi) is 4.86. The molecular weight excluding hydrogens is 322 g/mol. The third kappa shape index (κ3) is 3.35. The van der Waals surface area contributed by atoms with Gasteiger partial charge in [0.2, 0.25) is 0 Å². The van der Waals surface area contributed by atoms with E-state index in [0.717, 1.165) is 5.56 Å². The summed E-state index contributed by atoms with van der Waals surface area (Å²) in [5.74, 6) is 0. The van der Waals surface area contributed by atoms with Crippen LogP contribution in [0.25, 0.3) is 0 Å². The van der Waals surface area contributed by atoms with Crippen molar-refractivity contribution in [3.8, 4) is 0 Å². The Morgan fingerprint density at radius 2 is 1.71 bits per heavy atom. The molecule has 0 spiro atoms. The molecule has 0 aliphatic carbocycles. The molecule has 1 saturated heterocycles. The molecule has 0 saturated carbocycles. The number of hydrogen-bond acceptors (Lipinski definition) is 4. The van der Waals surface area contributed by atoms with Gasteiger partial charge in [0, 0.05) is 0 Å². The molecule has 5 heteroatoms. The number of carbonyl (C=O) groups is 1. The summed E-state index contributed by atoms with van der Waals surface area (Å²) in [6, 6.07) is 9.69. The van der Waals surface area contributed by atoms with Gasteiger partial charge in [-0.3, -0.25) is 9.69 Å². The Morgan fingerprint density at radius 1 is 1.17 bits per heavy atom. The van der Waals surface area contributed by atoms with Crippen molar-refractivity contribution in [3.63, 3.8) is 0 Å². The third-order valence-electron chi connectivity index (χ3n) is 4.89. The molecule has 1 aromatic carbocycles. The molecule has 1 N–H and O–H groups in total. The van der Waals surface area contributed by atoms with E-state index in [4.69, 9.17) is 4.74 Å². The average molecular weight is 352 g/mol. The van der Waals surface area contributed by atoms with Crippen LogP contribution in [0, 0.1) is 0 Å². The Bertz CT molecular complexity index is 591. The van der Waals surface area contributed by atoms with Crippen LogP contribution in [0.2, 0.25) is 0 Å². The van der Waals surface area contributed by atoms with Crippen molar-refractivity contribution in [2.24, 2.45) is 0 Å². The summed E-state index contributed by atoms with van der Waals surface area (Å²) in [6.07, 6.45) is 0. The van der Waals surface area contributed by atoms with E-state index in [9.17, 15) is 9.90 Å². The summed E-state index contributed by atoms with van der Waals surface area (Å²) in [5.41, 5.74) is -1.20. The lowest BCUT2D eigenvalue weighted by atomic mass is 9.85. The second-order valence-electron chi connectivity index (χ2n) is 8.21. The van der Waals surface area contributed by atoms with Crippen LogP contribution in [0.3, 0.4) is 0 Å². The molecule has 24 heavy (non-hydrogen) atoms. The molecule has 1 heterocycles. The number of amides is 1. The lowest BCUT2D eigenvalue weighted by Crippen LogP contribution is -2.53. The molecule has 1 aromatic rings. The predicted octanol–water partition coefficient (Wildman–Crippen LogP) is 4.37. The van der Waals surface area contributed by atoms with Gasteiger partial charge >= 0.3 is 0 Å². The summed E-state index contributed by atoms with van der Waals surface area (Å²) in [7, 11) is 0. The minimum Gasteiger partial charge on any atom is -0.389 e. The van der Waals surface area contributed by atoms with E-state index >= 15 is 0 Å². The van der Waals surface area contributed by atoms with Crippen molar-refractivity contribution in [1.29, 1.82) is 0 Å². The van der Waals surface area contributed by atoms with Gasteiger partial charge in [-0.15, -0.1) is 0 Å². The molecule has 0 aromatic heterocycles. The second kappa shape index (κ2) is 6.04. The number of thioether (sulfide) groups is 1. The zero-order valence-electron chi connectivity index (χ0n) is 15.7. The minimum absolute atomic E-state index is 0.0871. The second-order valence-corrected chi connectivity index (χ2v) is 9.58. The Hall–Kier alpha value is -1.04. The van der Waals surface area contributed by atoms with Gasteiger partial charge in [-0.25, -0.2) is 0 Å². The van der Waals surface area contributed by atoms with Gasteiger partial charge in [0.25, 0.3) is 5.24 Å². The molecule has 0 bridgehead atoms. The van der Waals surface area contributed by atoms with Crippen LogP contribution in [0.4, 0.5) is 4.79 Å². The highest BCUT2D eigenvalue weighted by atomic mass is 32.2. The van der Waals surface area contributed by atoms with E-state index in [0.29, 0.717) is 6.61 Å². The van der Waals surface area contributed by atoms with E-state index in [1.807, 2.05) is 65.0 Å². The molecule has 4 nitrogen and oxygen atoms in total.